The minimum atomic E-state index is -0.149. The second-order valence-electron chi connectivity index (χ2n) is 6.44. The Kier molecular flexibility index (Phi) is 5.04. The van der Waals surface area contributed by atoms with Crippen molar-refractivity contribution in [3.63, 3.8) is 0 Å². The lowest BCUT2D eigenvalue weighted by Gasteiger charge is -2.44. The van der Waals surface area contributed by atoms with Gasteiger partial charge in [-0.1, -0.05) is 17.7 Å². The Hall–Kier alpha value is -1.69. The van der Waals surface area contributed by atoms with E-state index in [1.54, 1.807) is 0 Å². The molecule has 6 heteroatoms. The third-order valence-electron chi connectivity index (χ3n) is 4.85. The molecule has 0 aromatic heterocycles. The monoisotopic (exact) mass is 347 g/mol. The number of carbonyl (C=O) groups is 2. The Balaban J connectivity index is 1.72. The van der Waals surface area contributed by atoms with Gasteiger partial charge in [-0.3, -0.25) is 4.79 Å². The maximum atomic E-state index is 13.0. The topological polar surface area (TPSA) is 52.7 Å². The van der Waals surface area contributed by atoms with Gasteiger partial charge in [-0.15, -0.1) is 11.8 Å². The van der Waals surface area contributed by atoms with Crippen molar-refractivity contribution >= 4 is 23.7 Å². The molecule has 3 amide bonds. The second-order valence-corrected chi connectivity index (χ2v) is 7.90. The molecule has 2 saturated heterocycles. The van der Waals surface area contributed by atoms with Gasteiger partial charge in [0.15, 0.2) is 0 Å². The van der Waals surface area contributed by atoms with E-state index in [1.165, 1.54) is 0 Å². The summed E-state index contributed by atoms with van der Waals surface area (Å²) < 4.78 is 0. The lowest BCUT2D eigenvalue weighted by molar-refractivity contribution is 0.0581. The van der Waals surface area contributed by atoms with E-state index < -0.39 is 0 Å². The highest BCUT2D eigenvalue weighted by Crippen LogP contribution is 2.44. The Bertz CT molecular complexity index is 626. The van der Waals surface area contributed by atoms with E-state index in [1.807, 2.05) is 59.7 Å². The van der Waals surface area contributed by atoms with Gasteiger partial charge in [0, 0.05) is 37.5 Å². The highest BCUT2D eigenvalue weighted by atomic mass is 32.2. The van der Waals surface area contributed by atoms with Gasteiger partial charge in [0.05, 0.1) is 4.87 Å². The summed E-state index contributed by atoms with van der Waals surface area (Å²) >= 11 is 1.87. The summed E-state index contributed by atoms with van der Waals surface area (Å²) in [6.07, 6.45) is 1.68. The predicted molar refractivity (Wildman–Crippen MR) is 97.3 cm³/mol. The van der Waals surface area contributed by atoms with Gasteiger partial charge in [-0.25, -0.2) is 4.79 Å². The number of rotatable bonds is 2. The summed E-state index contributed by atoms with van der Waals surface area (Å²) in [4.78, 5) is 28.8. The number of hydrogen-bond acceptors (Lipinski definition) is 3. The van der Waals surface area contributed by atoms with Crippen LogP contribution >= 0.6 is 11.8 Å². The molecule has 1 aromatic carbocycles. The Morgan fingerprint density at radius 1 is 1.25 bits per heavy atom. The van der Waals surface area contributed by atoms with Gasteiger partial charge in [0.1, 0.15) is 0 Å². The van der Waals surface area contributed by atoms with Gasteiger partial charge in [-0.05, 0) is 38.8 Å². The van der Waals surface area contributed by atoms with Gasteiger partial charge in [0.25, 0.3) is 5.91 Å². The fourth-order valence-electron chi connectivity index (χ4n) is 3.57. The first-order chi connectivity index (χ1) is 11.6. The van der Waals surface area contributed by atoms with Crippen molar-refractivity contribution in [1.29, 1.82) is 0 Å². The first-order valence-electron chi connectivity index (χ1n) is 8.61. The number of benzene rings is 1. The molecule has 2 heterocycles. The normalized spacial score (nSPS) is 19.6. The molecule has 24 heavy (non-hydrogen) atoms. The maximum absolute atomic E-state index is 13.0. The quantitative estimate of drug-likeness (QED) is 0.895. The maximum Gasteiger partial charge on any atom is 0.317 e. The summed E-state index contributed by atoms with van der Waals surface area (Å²) in [5.41, 5.74) is 1.87. The summed E-state index contributed by atoms with van der Waals surface area (Å²) in [7, 11) is 0. The first-order valence-corrected chi connectivity index (χ1v) is 9.60. The number of nitrogens with one attached hydrogen (secondary N) is 1. The average Bonchev–Trinajstić information content (AvgIpc) is 2.98. The van der Waals surface area contributed by atoms with Crippen molar-refractivity contribution in [2.75, 3.05) is 31.9 Å². The molecule has 2 aliphatic rings. The summed E-state index contributed by atoms with van der Waals surface area (Å²) in [6, 6.07) is 7.82. The highest BCUT2D eigenvalue weighted by molar-refractivity contribution is 8.00. The molecule has 0 unspecified atom stereocenters. The molecule has 0 atom stereocenters. The molecule has 3 rings (SSSR count). The van der Waals surface area contributed by atoms with Crippen molar-refractivity contribution in [2.24, 2.45) is 0 Å². The number of hydrogen-bond donors (Lipinski definition) is 1. The number of amides is 3. The molecular formula is C18H25N3O2S. The van der Waals surface area contributed by atoms with E-state index in [0.717, 1.165) is 36.3 Å². The lowest BCUT2D eigenvalue weighted by atomic mass is 10.0. The van der Waals surface area contributed by atoms with Crippen molar-refractivity contribution in [3.8, 4) is 0 Å². The first kappa shape index (κ1) is 17.1. The fourth-order valence-corrected chi connectivity index (χ4v) is 5.02. The zero-order valence-electron chi connectivity index (χ0n) is 14.4. The van der Waals surface area contributed by atoms with Gasteiger partial charge in [-0.2, -0.15) is 0 Å². The van der Waals surface area contributed by atoms with Crippen LogP contribution in [0.4, 0.5) is 4.79 Å². The number of likely N-dealkylation sites (tertiary alicyclic amines) is 1. The molecule has 0 saturated carbocycles. The zero-order valence-corrected chi connectivity index (χ0v) is 15.2. The zero-order chi connectivity index (χ0) is 17.2. The van der Waals surface area contributed by atoms with Gasteiger partial charge in [0.2, 0.25) is 0 Å². The Labute approximate surface area is 147 Å². The van der Waals surface area contributed by atoms with Crippen molar-refractivity contribution in [3.05, 3.63) is 35.4 Å². The highest BCUT2D eigenvalue weighted by Gasteiger charge is 2.47. The van der Waals surface area contributed by atoms with Crippen LogP contribution in [0.25, 0.3) is 0 Å². The van der Waals surface area contributed by atoms with E-state index in [9.17, 15) is 9.59 Å². The molecule has 0 radical (unpaired) electrons. The summed E-state index contributed by atoms with van der Waals surface area (Å²) in [5, 5.41) is 2.86. The number of carbonyl (C=O) groups excluding carboxylic acids is 2. The minimum absolute atomic E-state index is 0.00640. The van der Waals surface area contributed by atoms with Crippen molar-refractivity contribution in [1.82, 2.24) is 15.1 Å². The Morgan fingerprint density at radius 3 is 2.67 bits per heavy atom. The summed E-state index contributed by atoms with van der Waals surface area (Å²) in [6.45, 7) is 6.78. The third kappa shape index (κ3) is 3.24. The van der Waals surface area contributed by atoms with E-state index in [0.29, 0.717) is 19.6 Å². The smallest absolute Gasteiger partial charge is 0.317 e. The van der Waals surface area contributed by atoms with E-state index in [-0.39, 0.29) is 16.8 Å². The molecule has 0 aliphatic carbocycles. The van der Waals surface area contributed by atoms with E-state index in [4.69, 9.17) is 0 Å². The molecule has 0 bridgehead atoms. The summed E-state index contributed by atoms with van der Waals surface area (Å²) in [5.74, 6) is 1.09. The van der Waals surface area contributed by atoms with E-state index >= 15 is 0 Å². The number of urea groups is 1. The number of piperidine rings is 1. The lowest BCUT2D eigenvalue weighted by Crippen LogP contribution is -2.55. The van der Waals surface area contributed by atoms with Crippen LogP contribution in [0.5, 0.6) is 0 Å². The SMILES string of the molecule is CCNC(=O)N1CCC2(CC1)SCCN2C(=O)c1cccc(C)c1. The van der Waals surface area contributed by atoms with Crippen LogP contribution in [-0.4, -0.2) is 58.5 Å². The molecular weight excluding hydrogens is 322 g/mol. The van der Waals surface area contributed by atoms with Crippen LogP contribution in [0.1, 0.15) is 35.7 Å². The van der Waals surface area contributed by atoms with Gasteiger partial charge < -0.3 is 15.1 Å². The molecule has 2 aliphatic heterocycles. The Morgan fingerprint density at radius 2 is 2.00 bits per heavy atom. The molecule has 1 aromatic rings. The van der Waals surface area contributed by atoms with Crippen LogP contribution in [0, 0.1) is 6.92 Å². The average molecular weight is 347 g/mol. The molecule has 5 nitrogen and oxygen atoms in total. The second kappa shape index (κ2) is 7.05. The molecule has 2 fully saturated rings. The largest absolute Gasteiger partial charge is 0.338 e. The predicted octanol–water partition coefficient (Wildman–Crippen LogP) is 2.71. The molecule has 1 spiro atoms. The van der Waals surface area contributed by atoms with Crippen molar-refractivity contribution in [2.45, 2.75) is 31.6 Å². The van der Waals surface area contributed by atoms with Crippen LogP contribution in [0.15, 0.2) is 24.3 Å². The molecule has 130 valence electrons. The van der Waals surface area contributed by atoms with Gasteiger partial charge >= 0.3 is 6.03 Å². The fraction of sp³-hybridized carbons (Fsp3) is 0.556. The standard InChI is InChI=1S/C18H25N3O2S/c1-3-19-17(23)20-9-7-18(8-10-20)21(11-12-24-18)16(22)15-6-4-5-14(2)13-15/h4-6,13H,3,7-12H2,1-2H3,(H,19,23). The molecule has 1 N–H and O–H groups in total. The van der Waals surface area contributed by atoms with Crippen LogP contribution in [0.3, 0.4) is 0 Å². The minimum Gasteiger partial charge on any atom is -0.338 e. The van der Waals surface area contributed by atoms with E-state index in [2.05, 4.69) is 5.32 Å². The number of aryl methyl sites for hydroxylation is 1. The van der Waals surface area contributed by atoms with Crippen LogP contribution < -0.4 is 5.32 Å². The van der Waals surface area contributed by atoms with Crippen LogP contribution in [-0.2, 0) is 0 Å². The van der Waals surface area contributed by atoms with Crippen LogP contribution in [0.2, 0.25) is 0 Å². The number of thioether (sulfide) groups is 1. The number of nitrogens with zero attached hydrogens (tertiary/aromatic N) is 2. The third-order valence-corrected chi connectivity index (χ3v) is 6.40. The van der Waals surface area contributed by atoms with Crippen molar-refractivity contribution < 1.29 is 9.59 Å².